The average molecular weight is 449 g/mol. The van der Waals surface area contributed by atoms with Gasteiger partial charge < -0.3 is 5.32 Å². The molecule has 158 valence electrons. The fourth-order valence-corrected chi connectivity index (χ4v) is 3.06. The van der Waals surface area contributed by atoms with Gasteiger partial charge in [-0.1, -0.05) is 17.7 Å². The van der Waals surface area contributed by atoms with Gasteiger partial charge in [-0.15, -0.1) is 4.80 Å². The maximum atomic E-state index is 13.8. The zero-order chi connectivity index (χ0) is 22.2. The van der Waals surface area contributed by atoms with E-state index >= 15 is 0 Å². The molecule has 0 fully saturated rings. The number of nitrogens with one attached hydrogen (secondary N) is 1. The Hall–Kier alpha value is -3.80. The van der Waals surface area contributed by atoms with Crippen molar-refractivity contribution in [2.75, 3.05) is 5.32 Å². The number of carbonyl (C=O) groups is 1. The van der Waals surface area contributed by atoms with Gasteiger partial charge in [0.15, 0.2) is 17.3 Å². The predicted octanol–water partition coefficient (Wildman–Crippen LogP) is 3.48. The lowest BCUT2D eigenvalue weighted by Gasteiger charge is -2.13. The van der Waals surface area contributed by atoms with Crippen molar-refractivity contribution in [2.24, 2.45) is 0 Å². The van der Waals surface area contributed by atoms with Gasteiger partial charge in [0, 0.05) is 6.20 Å². The number of pyridine rings is 2. The summed E-state index contributed by atoms with van der Waals surface area (Å²) >= 11 is 6.14. The molecule has 0 saturated carbocycles. The highest BCUT2D eigenvalue weighted by Gasteiger charge is 2.41. The molecule has 0 aliphatic carbocycles. The van der Waals surface area contributed by atoms with Crippen LogP contribution in [0.15, 0.2) is 49.2 Å². The molecule has 0 saturated heterocycles. The van der Waals surface area contributed by atoms with E-state index in [1.165, 1.54) is 30.9 Å². The first kappa shape index (κ1) is 20.5. The zero-order valence-corrected chi connectivity index (χ0v) is 16.4. The van der Waals surface area contributed by atoms with Crippen LogP contribution in [0.4, 0.5) is 18.9 Å². The molecule has 0 unspecified atom stereocenters. The minimum absolute atomic E-state index is 0.0327. The first-order valence-corrected chi connectivity index (χ1v) is 9.04. The number of hydrogen-bond acceptors (Lipinski definition) is 6. The normalized spacial score (nSPS) is 11.5. The molecule has 1 amide bonds. The topological polar surface area (TPSA) is 103 Å². The molecule has 4 aromatic rings. The molecule has 1 N–H and O–H groups in total. The Morgan fingerprint density at radius 3 is 2.45 bits per heavy atom. The molecule has 4 rings (SSSR count). The molecule has 4 heterocycles. The van der Waals surface area contributed by atoms with Gasteiger partial charge in [0.25, 0.3) is 5.91 Å². The molecule has 0 atom stereocenters. The SMILES string of the molecule is Cc1cccnc1-n1ncc(C(=O)Nc2cnc(-n3nccn3)c(Cl)c2)c1C(F)(F)F. The van der Waals surface area contributed by atoms with Crippen molar-refractivity contribution in [3.63, 3.8) is 0 Å². The maximum Gasteiger partial charge on any atom is 0.434 e. The van der Waals surface area contributed by atoms with Crippen LogP contribution in [0.3, 0.4) is 0 Å². The predicted molar refractivity (Wildman–Crippen MR) is 103 cm³/mol. The van der Waals surface area contributed by atoms with Crippen molar-refractivity contribution in [1.29, 1.82) is 0 Å². The van der Waals surface area contributed by atoms with Crippen molar-refractivity contribution in [1.82, 2.24) is 34.7 Å². The first-order valence-electron chi connectivity index (χ1n) is 8.66. The molecule has 4 aromatic heterocycles. The van der Waals surface area contributed by atoms with Crippen molar-refractivity contribution >= 4 is 23.2 Å². The number of halogens is 4. The summed E-state index contributed by atoms with van der Waals surface area (Å²) in [5.74, 6) is -0.872. The number of aromatic nitrogens is 7. The molecule has 0 aromatic carbocycles. The molecular formula is C18H12ClF3N8O. The van der Waals surface area contributed by atoms with Crippen LogP contribution in [0, 0.1) is 6.92 Å². The van der Waals surface area contributed by atoms with E-state index in [9.17, 15) is 18.0 Å². The summed E-state index contributed by atoms with van der Waals surface area (Å²) in [6.45, 7) is 1.59. The lowest BCUT2D eigenvalue weighted by molar-refractivity contribution is -0.143. The molecule has 0 spiro atoms. The summed E-state index contributed by atoms with van der Waals surface area (Å²) in [5.41, 5.74) is -1.38. The zero-order valence-electron chi connectivity index (χ0n) is 15.7. The van der Waals surface area contributed by atoms with Crippen LogP contribution in [-0.2, 0) is 6.18 Å². The van der Waals surface area contributed by atoms with Crippen LogP contribution in [0.25, 0.3) is 11.6 Å². The van der Waals surface area contributed by atoms with E-state index in [4.69, 9.17) is 11.6 Å². The maximum absolute atomic E-state index is 13.8. The minimum atomic E-state index is -4.86. The highest BCUT2D eigenvalue weighted by molar-refractivity contribution is 6.32. The fourth-order valence-electron chi connectivity index (χ4n) is 2.82. The van der Waals surface area contributed by atoms with Gasteiger partial charge in [0.2, 0.25) is 0 Å². The van der Waals surface area contributed by atoms with E-state index in [2.05, 4.69) is 30.6 Å². The number of hydrogen-bond donors (Lipinski definition) is 1. The van der Waals surface area contributed by atoms with Crippen LogP contribution in [0.5, 0.6) is 0 Å². The molecule has 0 aliphatic rings. The summed E-state index contributed by atoms with van der Waals surface area (Å²) in [5, 5.41) is 14.0. The second-order valence-corrected chi connectivity index (χ2v) is 6.67. The Labute approximate surface area is 177 Å². The molecular weight excluding hydrogens is 437 g/mol. The smallest absolute Gasteiger partial charge is 0.320 e. The molecule has 31 heavy (non-hydrogen) atoms. The second kappa shape index (κ2) is 7.80. The van der Waals surface area contributed by atoms with Crippen LogP contribution in [0.2, 0.25) is 5.02 Å². The van der Waals surface area contributed by atoms with Gasteiger partial charge in [-0.3, -0.25) is 4.79 Å². The number of nitrogens with zero attached hydrogens (tertiary/aromatic N) is 7. The number of carbonyl (C=O) groups excluding carboxylic acids is 1. The minimum Gasteiger partial charge on any atom is -0.320 e. The number of anilines is 1. The Morgan fingerprint density at radius 2 is 1.81 bits per heavy atom. The van der Waals surface area contributed by atoms with E-state index in [0.29, 0.717) is 10.2 Å². The number of alkyl halides is 3. The van der Waals surface area contributed by atoms with E-state index in [1.807, 2.05) is 0 Å². The number of aryl methyl sites for hydroxylation is 1. The third-order valence-electron chi connectivity index (χ3n) is 4.15. The number of rotatable bonds is 4. The monoisotopic (exact) mass is 448 g/mol. The van der Waals surface area contributed by atoms with Gasteiger partial charge in [-0.05, 0) is 24.6 Å². The van der Waals surface area contributed by atoms with Crippen LogP contribution in [0.1, 0.15) is 21.6 Å². The highest BCUT2D eigenvalue weighted by atomic mass is 35.5. The van der Waals surface area contributed by atoms with Gasteiger partial charge in [0.1, 0.15) is 0 Å². The largest absolute Gasteiger partial charge is 0.434 e. The van der Waals surface area contributed by atoms with Crippen molar-refractivity contribution in [2.45, 2.75) is 13.1 Å². The summed E-state index contributed by atoms with van der Waals surface area (Å²) in [6, 6.07) is 4.50. The summed E-state index contributed by atoms with van der Waals surface area (Å²) in [7, 11) is 0. The Kier molecular flexibility index (Phi) is 5.15. The fraction of sp³-hybridized carbons (Fsp3) is 0.111. The van der Waals surface area contributed by atoms with Gasteiger partial charge in [-0.25, -0.2) is 14.6 Å². The molecule has 0 aliphatic heterocycles. The van der Waals surface area contributed by atoms with Gasteiger partial charge in [-0.2, -0.15) is 28.5 Å². The number of amides is 1. The molecule has 9 nitrogen and oxygen atoms in total. The van der Waals surface area contributed by atoms with E-state index < -0.39 is 23.3 Å². The lowest BCUT2D eigenvalue weighted by Crippen LogP contribution is -2.21. The van der Waals surface area contributed by atoms with Crippen molar-refractivity contribution < 1.29 is 18.0 Å². The van der Waals surface area contributed by atoms with Gasteiger partial charge in [0.05, 0.1) is 41.1 Å². The van der Waals surface area contributed by atoms with Crippen molar-refractivity contribution in [3.8, 4) is 11.6 Å². The van der Waals surface area contributed by atoms with Crippen LogP contribution < -0.4 is 5.32 Å². The highest BCUT2D eigenvalue weighted by Crippen LogP contribution is 2.34. The summed E-state index contributed by atoms with van der Waals surface area (Å²) < 4.78 is 42.0. The molecule has 0 bridgehead atoms. The molecule has 13 heteroatoms. The van der Waals surface area contributed by atoms with Gasteiger partial charge >= 0.3 is 6.18 Å². The van der Waals surface area contributed by atoms with Crippen LogP contribution in [-0.4, -0.2) is 40.6 Å². The Bertz CT molecular complexity index is 1250. The lowest BCUT2D eigenvalue weighted by atomic mass is 10.2. The second-order valence-electron chi connectivity index (χ2n) is 6.26. The van der Waals surface area contributed by atoms with E-state index in [1.54, 1.807) is 19.1 Å². The quantitative estimate of drug-likeness (QED) is 0.512. The Balaban J connectivity index is 1.68. The Morgan fingerprint density at radius 1 is 1.06 bits per heavy atom. The summed E-state index contributed by atoms with van der Waals surface area (Å²) in [6.07, 6.45) is 1.39. The van der Waals surface area contributed by atoms with E-state index in [0.717, 1.165) is 11.0 Å². The molecule has 0 radical (unpaired) electrons. The van der Waals surface area contributed by atoms with Crippen molar-refractivity contribution in [3.05, 3.63) is 71.0 Å². The summed E-state index contributed by atoms with van der Waals surface area (Å²) in [4.78, 5) is 21.8. The average Bonchev–Trinajstić information content (AvgIpc) is 3.38. The first-order chi connectivity index (χ1) is 14.8. The standard InChI is InChI=1S/C18H12ClF3N8O/c1-10-3-2-4-23-15(10)29-14(18(20,21)22)12(9-27-29)17(31)28-11-7-13(19)16(24-8-11)30-25-5-6-26-30/h2-9H,1H3,(H,28,31). The third-order valence-corrected chi connectivity index (χ3v) is 4.43. The van der Waals surface area contributed by atoms with E-state index in [-0.39, 0.29) is 22.3 Å². The third kappa shape index (κ3) is 3.97. The van der Waals surface area contributed by atoms with Crippen LogP contribution >= 0.6 is 11.6 Å².